The third-order valence-electron chi connectivity index (χ3n) is 9.69. The van der Waals surface area contributed by atoms with Crippen LogP contribution in [0.3, 0.4) is 0 Å². The number of likely N-dealkylation sites (N-methyl/N-ethyl adjacent to an activating group) is 2. The molecule has 0 saturated heterocycles. The molecule has 6 rings (SSSR count). The summed E-state index contributed by atoms with van der Waals surface area (Å²) in [7, 11) is 3.00. The normalized spacial score (nSPS) is 11.8. The molecule has 2 aromatic heterocycles. The number of amides is 3. The Morgan fingerprint density at radius 3 is 1.36 bits per heavy atom. The summed E-state index contributed by atoms with van der Waals surface area (Å²) in [6, 6.07) is 41.9. The van der Waals surface area contributed by atoms with Crippen molar-refractivity contribution in [2.24, 2.45) is 0 Å². The molecule has 0 radical (unpaired) electrons. The van der Waals surface area contributed by atoms with Crippen molar-refractivity contribution in [1.82, 2.24) is 19.8 Å². The second-order valence-electron chi connectivity index (χ2n) is 17.8. The molecule has 69 heavy (non-hydrogen) atoms. The van der Waals surface area contributed by atoms with Crippen LogP contribution in [0.25, 0.3) is 0 Å². The summed E-state index contributed by atoms with van der Waals surface area (Å²) in [5.74, 6) is 0.509. The van der Waals surface area contributed by atoms with Crippen LogP contribution in [0.2, 0.25) is 0 Å². The largest absolute Gasteiger partial charge is 0.480 e. The van der Waals surface area contributed by atoms with E-state index in [1.807, 2.05) is 84.6 Å². The topological polar surface area (TPSA) is 177 Å². The van der Waals surface area contributed by atoms with Crippen LogP contribution in [0.1, 0.15) is 63.8 Å². The van der Waals surface area contributed by atoms with Crippen LogP contribution in [-0.4, -0.2) is 86.3 Å². The summed E-state index contributed by atoms with van der Waals surface area (Å²) in [4.78, 5) is 62.1. The molecule has 15 heteroatoms. The van der Waals surface area contributed by atoms with Crippen molar-refractivity contribution in [3.05, 3.63) is 181 Å². The minimum absolute atomic E-state index is 0.179. The molecule has 3 amide bonds. The number of carboxylic acids is 1. The molecule has 0 spiro atoms. The summed E-state index contributed by atoms with van der Waals surface area (Å²) in [5, 5.41) is 12.2. The van der Waals surface area contributed by atoms with Crippen LogP contribution < -0.4 is 11.1 Å². The van der Waals surface area contributed by atoms with E-state index in [-0.39, 0.29) is 12.3 Å². The number of aliphatic carboxylic acids is 1. The highest BCUT2D eigenvalue weighted by Crippen LogP contribution is 2.26. The lowest BCUT2D eigenvalue weighted by atomic mass is 10.1. The highest BCUT2D eigenvalue weighted by molar-refractivity contribution is 7.98. The van der Waals surface area contributed by atoms with Crippen LogP contribution in [0.5, 0.6) is 0 Å². The Morgan fingerprint density at radius 1 is 0.580 bits per heavy atom. The van der Waals surface area contributed by atoms with Gasteiger partial charge in [0.1, 0.15) is 23.3 Å². The first-order chi connectivity index (χ1) is 32.8. The molecule has 0 unspecified atom stereocenters. The average Bonchev–Trinajstić information content (AvgIpc) is 3.32. The fourth-order valence-electron chi connectivity index (χ4n) is 6.11. The molecule has 13 nitrogen and oxygen atoms in total. The lowest BCUT2D eigenvalue weighted by Crippen LogP contribution is -2.48. The number of thioether (sulfide) groups is 2. The van der Waals surface area contributed by atoms with Gasteiger partial charge in [-0.05, 0) is 124 Å². The summed E-state index contributed by atoms with van der Waals surface area (Å²) >= 11 is 3.56. The van der Waals surface area contributed by atoms with E-state index >= 15 is 0 Å². The third kappa shape index (κ3) is 20.9. The van der Waals surface area contributed by atoms with E-state index in [0.29, 0.717) is 12.1 Å². The molecule has 4 aromatic carbocycles. The molecule has 2 atom stereocenters. The number of aromatic nitrogens is 2. The monoisotopic (exact) mass is 972 g/mol. The van der Waals surface area contributed by atoms with Gasteiger partial charge in [-0.25, -0.2) is 14.4 Å². The van der Waals surface area contributed by atoms with Gasteiger partial charge in [0, 0.05) is 84.4 Å². The predicted molar refractivity (Wildman–Crippen MR) is 277 cm³/mol. The van der Waals surface area contributed by atoms with Gasteiger partial charge in [0.2, 0.25) is 5.91 Å². The number of carbonyl (C=O) groups excluding carboxylic acids is 3. The number of pyridine rings is 2. The molecule has 2 heterocycles. The van der Waals surface area contributed by atoms with Crippen LogP contribution in [0, 0.1) is 0 Å². The quantitative estimate of drug-likeness (QED) is 0.0656. The lowest BCUT2D eigenvalue weighted by molar-refractivity contribution is -0.142. The van der Waals surface area contributed by atoms with Crippen molar-refractivity contribution in [1.29, 1.82) is 0 Å². The number of nitrogen functional groups attached to an aromatic ring is 1. The number of carbonyl (C=O) groups is 4. The third-order valence-corrected chi connectivity index (χ3v) is 11.9. The zero-order valence-corrected chi connectivity index (χ0v) is 42.2. The standard InChI is InChI=1S/C27H31N3O3S.C14H20N2O4.C13H13NS/c1-27(2,3)33-26(32)30(4)24(17-21-11-8-16-28-18-21)25(31)29-22-12-14-23(15-13-22)34-19-20-9-6-5-7-10-20;1-14(2,3)20-13(19)16(4)11(12(17)18)8-10-6-5-7-15-9-10;14-12-6-8-13(9-7-12)15-10-11-4-2-1-3-5-11/h5-16,18,24H,17,19H2,1-4H3,(H,29,31);5-7,9,11H,8H2,1-4H3,(H,17,18);1-9H,10,14H2/t24-;11-;/m00./s1. The molecular weight excluding hydrogens is 909 g/mol. The van der Waals surface area contributed by atoms with E-state index < -0.39 is 41.4 Å². The van der Waals surface area contributed by atoms with Crippen LogP contribution in [-0.2, 0) is 43.4 Å². The molecule has 6 aromatic rings. The van der Waals surface area contributed by atoms with Gasteiger partial charge in [-0.1, -0.05) is 72.8 Å². The molecule has 0 aliphatic carbocycles. The molecule has 364 valence electrons. The molecular formula is C54H64N6O7S2. The Morgan fingerprint density at radius 2 is 0.971 bits per heavy atom. The number of hydrogen-bond acceptors (Lipinski definition) is 11. The first kappa shape index (κ1) is 54.8. The molecule has 0 aliphatic rings. The number of hydrogen-bond donors (Lipinski definition) is 3. The van der Waals surface area contributed by atoms with Gasteiger partial charge >= 0.3 is 18.2 Å². The van der Waals surface area contributed by atoms with Crippen molar-refractivity contribution < 1.29 is 33.8 Å². The van der Waals surface area contributed by atoms with Crippen molar-refractivity contribution in [2.45, 2.75) is 99.0 Å². The maximum atomic E-state index is 13.2. The number of rotatable bonds is 15. The first-order valence-corrected chi connectivity index (χ1v) is 24.3. The minimum atomic E-state index is -1.08. The number of nitrogens with two attached hydrogens (primary N) is 1. The van der Waals surface area contributed by atoms with Gasteiger partial charge < -0.3 is 25.6 Å². The van der Waals surface area contributed by atoms with E-state index in [4.69, 9.17) is 15.2 Å². The van der Waals surface area contributed by atoms with E-state index in [2.05, 4.69) is 63.8 Å². The molecule has 0 fully saturated rings. The number of anilines is 2. The number of ether oxygens (including phenoxy) is 2. The predicted octanol–water partition coefficient (Wildman–Crippen LogP) is 11.3. The Labute approximate surface area is 415 Å². The molecule has 0 aliphatic heterocycles. The number of benzene rings is 4. The van der Waals surface area contributed by atoms with E-state index in [1.54, 1.807) is 97.3 Å². The maximum Gasteiger partial charge on any atom is 0.410 e. The highest BCUT2D eigenvalue weighted by atomic mass is 32.2. The summed E-state index contributed by atoms with van der Waals surface area (Å²) < 4.78 is 10.7. The molecule has 4 N–H and O–H groups in total. The van der Waals surface area contributed by atoms with Crippen molar-refractivity contribution >= 4 is 59.0 Å². The number of carboxylic acid groups (broad SMARTS) is 1. The number of nitrogens with one attached hydrogen (secondary N) is 1. The summed E-state index contributed by atoms with van der Waals surface area (Å²) in [5.41, 5.74) is 9.99. The zero-order chi connectivity index (χ0) is 50.4. The van der Waals surface area contributed by atoms with Gasteiger partial charge in [-0.15, -0.1) is 23.5 Å². The Balaban J connectivity index is 0.000000250. The Bertz CT molecular complexity index is 2470. The fraction of sp³-hybridized carbons (Fsp3) is 0.296. The average molecular weight is 973 g/mol. The van der Waals surface area contributed by atoms with Gasteiger partial charge in [0.05, 0.1) is 0 Å². The molecule has 0 saturated carbocycles. The van der Waals surface area contributed by atoms with Crippen molar-refractivity contribution in [2.75, 3.05) is 25.1 Å². The van der Waals surface area contributed by atoms with Crippen LogP contribution in [0.4, 0.5) is 21.0 Å². The zero-order valence-electron chi connectivity index (χ0n) is 40.6. The van der Waals surface area contributed by atoms with E-state index in [0.717, 1.165) is 38.1 Å². The first-order valence-electron chi connectivity index (χ1n) is 22.3. The SMILES string of the molecule is CN(C(=O)OC(C)(C)C)[C@@H](Cc1cccnc1)C(=O)Nc1ccc(SCc2ccccc2)cc1.CN(C(=O)OC(C)(C)C)[C@@H](Cc1cccnc1)C(=O)O.Nc1ccc(SCc2ccccc2)cc1. The van der Waals surface area contributed by atoms with Crippen LogP contribution >= 0.6 is 23.5 Å². The smallest absolute Gasteiger partial charge is 0.410 e. The number of nitrogens with zero attached hydrogens (tertiary/aromatic N) is 4. The van der Waals surface area contributed by atoms with Gasteiger partial charge in [0.15, 0.2) is 0 Å². The van der Waals surface area contributed by atoms with Gasteiger partial charge in [-0.3, -0.25) is 24.6 Å². The van der Waals surface area contributed by atoms with Crippen molar-refractivity contribution in [3.63, 3.8) is 0 Å². The van der Waals surface area contributed by atoms with Gasteiger partial charge in [0.25, 0.3) is 0 Å². The van der Waals surface area contributed by atoms with E-state index in [1.165, 1.54) is 28.0 Å². The Kier molecular flexibility index (Phi) is 21.6. The van der Waals surface area contributed by atoms with E-state index in [9.17, 15) is 24.3 Å². The Hall–Kier alpha value is -6.84. The second kappa shape index (κ2) is 27.2. The second-order valence-corrected chi connectivity index (χ2v) is 19.9. The van der Waals surface area contributed by atoms with Crippen LogP contribution in [0.15, 0.2) is 168 Å². The fourth-order valence-corrected chi connectivity index (χ4v) is 7.82. The van der Waals surface area contributed by atoms with Gasteiger partial charge in [-0.2, -0.15) is 0 Å². The highest BCUT2D eigenvalue weighted by Gasteiger charge is 2.32. The molecule has 0 bridgehead atoms. The minimum Gasteiger partial charge on any atom is -0.480 e. The summed E-state index contributed by atoms with van der Waals surface area (Å²) in [6.45, 7) is 10.6. The van der Waals surface area contributed by atoms with Crippen molar-refractivity contribution in [3.8, 4) is 0 Å². The lowest BCUT2D eigenvalue weighted by Gasteiger charge is -2.30. The summed E-state index contributed by atoms with van der Waals surface area (Å²) in [6.07, 6.45) is 5.85. The maximum absolute atomic E-state index is 13.2.